The molecule has 58 valence electrons. The summed E-state index contributed by atoms with van der Waals surface area (Å²) in [5.74, 6) is -2.02. The largest absolute Gasteiger partial charge is 0.543 e. The molecule has 7 nitrogen and oxygen atoms in total. The Labute approximate surface area is 59.8 Å². The van der Waals surface area contributed by atoms with Crippen LogP contribution in [0, 0.1) is 10.1 Å². The molecule has 0 bridgehead atoms. The van der Waals surface area contributed by atoms with Crippen LogP contribution in [0.4, 0.5) is 5.82 Å². The number of carbonyl (C=O) groups excluding carboxylic acids is 1. The molecule has 11 heavy (non-hydrogen) atoms. The number of carbonyl (C=O) groups is 1. The first-order chi connectivity index (χ1) is 5.11. The van der Waals surface area contributed by atoms with Gasteiger partial charge in [0.1, 0.15) is 5.69 Å². The first-order valence-electron chi connectivity index (χ1n) is 2.52. The Morgan fingerprint density at radius 2 is 2.36 bits per heavy atom. The molecular formula is C4H2N3O4-. The third kappa shape index (κ3) is 1.31. The van der Waals surface area contributed by atoms with Crippen LogP contribution in [-0.2, 0) is 0 Å². The first-order valence-corrected chi connectivity index (χ1v) is 2.52. The molecule has 0 aliphatic heterocycles. The molecule has 1 rings (SSSR count). The van der Waals surface area contributed by atoms with Crippen LogP contribution in [0.5, 0.6) is 0 Å². The van der Waals surface area contributed by atoms with Crippen molar-refractivity contribution < 1.29 is 14.8 Å². The van der Waals surface area contributed by atoms with Crippen molar-refractivity contribution in [2.75, 3.05) is 0 Å². The maximum absolute atomic E-state index is 10.0. The molecule has 0 aliphatic rings. The lowest BCUT2D eigenvalue weighted by molar-refractivity contribution is -0.389. The Morgan fingerprint density at radius 3 is 2.64 bits per heavy atom. The van der Waals surface area contributed by atoms with Crippen molar-refractivity contribution in [3.63, 3.8) is 0 Å². The second kappa shape index (κ2) is 2.37. The lowest BCUT2D eigenvalue weighted by atomic mass is 10.4. The highest BCUT2D eigenvalue weighted by Crippen LogP contribution is 2.06. The third-order valence-electron chi connectivity index (χ3n) is 0.970. The zero-order chi connectivity index (χ0) is 8.43. The number of rotatable bonds is 2. The van der Waals surface area contributed by atoms with Gasteiger partial charge in [-0.2, -0.15) is 0 Å². The third-order valence-corrected chi connectivity index (χ3v) is 0.970. The van der Waals surface area contributed by atoms with Crippen molar-refractivity contribution in [1.29, 1.82) is 0 Å². The minimum atomic E-state index is -1.55. The van der Waals surface area contributed by atoms with Crippen LogP contribution in [-0.4, -0.2) is 21.1 Å². The number of nitrogens with one attached hydrogen (secondary N) is 1. The number of aromatic nitrogens is 2. The van der Waals surface area contributed by atoms with E-state index in [0.29, 0.717) is 0 Å². The molecule has 1 heterocycles. The SMILES string of the molecule is O=C([O-])c1cc([N+](=O)[O-])[nH]n1. The van der Waals surface area contributed by atoms with Crippen LogP contribution in [0.25, 0.3) is 0 Å². The van der Waals surface area contributed by atoms with Crippen molar-refractivity contribution >= 4 is 11.8 Å². The van der Waals surface area contributed by atoms with E-state index in [2.05, 4.69) is 5.10 Å². The van der Waals surface area contributed by atoms with Crippen molar-refractivity contribution in [2.24, 2.45) is 0 Å². The molecular weight excluding hydrogens is 154 g/mol. The second-order valence-electron chi connectivity index (χ2n) is 1.68. The van der Waals surface area contributed by atoms with Crippen LogP contribution < -0.4 is 5.11 Å². The van der Waals surface area contributed by atoms with E-state index in [1.165, 1.54) is 0 Å². The van der Waals surface area contributed by atoms with Gasteiger partial charge in [-0.15, -0.1) is 5.10 Å². The van der Waals surface area contributed by atoms with Gasteiger partial charge < -0.3 is 20.0 Å². The molecule has 0 unspecified atom stereocenters. The molecule has 0 spiro atoms. The number of aromatic carboxylic acids is 1. The first kappa shape index (κ1) is 7.19. The molecule has 1 aromatic rings. The van der Waals surface area contributed by atoms with E-state index in [-0.39, 0.29) is 0 Å². The Hall–Kier alpha value is -1.92. The van der Waals surface area contributed by atoms with E-state index in [9.17, 15) is 20.0 Å². The minimum absolute atomic E-state index is 0.468. The molecule has 0 fully saturated rings. The molecule has 0 aliphatic carbocycles. The van der Waals surface area contributed by atoms with E-state index >= 15 is 0 Å². The topological polar surface area (TPSA) is 112 Å². The highest BCUT2D eigenvalue weighted by atomic mass is 16.6. The Morgan fingerprint density at radius 1 is 1.73 bits per heavy atom. The molecule has 1 N–H and O–H groups in total. The van der Waals surface area contributed by atoms with E-state index in [1.54, 1.807) is 0 Å². The van der Waals surface area contributed by atoms with Gasteiger partial charge in [0.05, 0.1) is 12.0 Å². The maximum Gasteiger partial charge on any atom is 0.343 e. The van der Waals surface area contributed by atoms with Gasteiger partial charge in [-0.05, 0) is 4.92 Å². The van der Waals surface area contributed by atoms with Gasteiger partial charge in [0.25, 0.3) is 0 Å². The molecule has 0 saturated heterocycles. The predicted molar refractivity (Wildman–Crippen MR) is 29.6 cm³/mol. The lowest BCUT2D eigenvalue weighted by Crippen LogP contribution is -2.22. The van der Waals surface area contributed by atoms with E-state index < -0.39 is 22.4 Å². The number of hydrogen-bond acceptors (Lipinski definition) is 5. The van der Waals surface area contributed by atoms with Crippen molar-refractivity contribution in [2.45, 2.75) is 0 Å². The molecule has 0 aromatic carbocycles. The molecule has 0 saturated carbocycles. The summed E-state index contributed by atoms with van der Waals surface area (Å²) in [6.07, 6.45) is 0. The maximum atomic E-state index is 10.0. The number of H-pyrrole nitrogens is 1. The summed E-state index contributed by atoms with van der Waals surface area (Å²) in [4.78, 5) is 19.2. The number of aromatic amines is 1. The van der Waals surface area contributed by atoms with Gasteiger partial charge in [-0.1, -0.05) is 5.10 Å². The molecule has 0 radical (unpaired) electrons. The lowest BCUT2D eigenvalue weighted by Gasteiger charge is -1.89. The van der Waals surface area contributed by atoms with Gasteiger partial charge in [-0.3, -0.25) is 0 Å². The predicted octanol–water partition coefficient (Wildman–Crippen LogP) is -1.32. The smallest absolute Gasteiger partial charge is 0.343 e. The summed E-state index contributed by atoms with van der Waals surface area (Å²) < 4.78 is 0. The molecule has 7 heteroatoms. The number of hydrogen-bond donors (Lipinski definition) is 1. The summed E-state index contributed by atoms with van der Waals surface area (Å²) in [5.41, 5.74) is -0.475. The normalized spacial score (nSPS) is 9.45. The monoisotopic (exact) mass is 156 g/mol. The zero-order valence-electron chi connectivity index (χ0n) is 5.10. The fourth-order valence-corrected chi connectivity index (χ4v) is 0.510. The van der Waals surface area contributed by atoms with Gasteiger partial charge in [0, 0.05) is 0 Å². The van der Waals surface area contributed by atoms with Crippen molar-refractivity contribution in [1.82, 2.24) is 10.2 Å². The Kier molecular flexibility index (Phi) is 1.55. The molecule has 0 atom stereocenters. The van der Waals surface area contributed by atoms with Gasteiger partial charge in [0.2, 0.25) is 0 Å². The van der Waals surface area contributed by atoms with Crippen LogP contribution in [0.3, 0.4) is 0 Å². The molecule has 0 amide bonds. The highest BCUT2D eigenvalue weighted by molar-refractivity contribution is 5.83. The fourth-order valence-electron chi connectivity index (χ4n) is 0.510. The summed E-state index contributed by atoms with van der Waals surface area (Å²) in [6.45, 7) is 0. The minimum Gasteiger partial charge on any atom is -0.543 e. The van der Waals surface area contributed by atoms with Crippen LogP contribution in [0.2, 0.25) is 0 Å². The number of carboxylic acid groups (broad SMARTS) is 1. The van der Waals surface area contributed by atoms with Crippen molar-refractivity contribution in [3.8, 4) is 0 Å². The highest BCUT2D eigenvalue weighted by Gasteiger charge is 2.09. The molecule has 1 aromatic heterocycles. The fraction of sp³-hybridized carbons (Fsp3) is 0. The van der Waals surface area contributed by atoms with Crippen molar-refractivity contribution in [3.05, 3.63) is 21.9 Å². The van der Waals surface area contributed by atoms with Gasteiger partial charge in [0.15, 0.2) is 0 Å². The van der Waals surface area contributed by atoms with Crippen LogP contribution in [0.1, 0.15) is 10.5 Å². The van der Waals surface area contributed by atoms with E-state index in [4.69, 9.17) is 0 Å². The van der Waals surface area contributed by atoms with Crippen LogP contribution in [0.15, 0.2) is 6.07 Å². The average molecular weight is 156 g/mol. The van der Waals surface area contributed by atoms with Gasteiger partial charge >= 0.3 is 5.82 Å². The summed E-state index contributed by atoms with van der Waals surface area (Å²) >= 11 is 0. The summed E-state index contributed by atoms with van der Waals surface area (Å²) in [6, 6.07) is 0.787. The Bertz CT molecular complexity index is 276. The number of nitrogens with zero attached hydrogens (tertiary/aromatic N) is 2. The average Bonchev–Trinajstić information content (AvgIpc) is 2.33. The second-order valence-corrected chi connectivity index (χ2v) is 1.68. The summed E-state index contributed by atoms with van der Waals surface area (Å²) in [5, 5.41) is 25.0. The zero-order valence-corrected chi connectivity index (χ0v) is 5.10. The number of carboxylic acids is 1. The summed E-state index contributed by atoms with van der Waals surface area (Å²) in [7, 11) is 0. The van der Waals surface area contributed by atoms with E-state index in [0.717, 1.165) is 6.07 Å². The standard InChI is InChI=1S/C4H3N3O4/c8-4(9)2-1-3(6-5-2)7(10)11/h1H,(H,5,6)(H,8,9)/p-1. The Balaban J connectivity index is 2.99. The number of nitro groups is 1. The van der Waals surface area contributed by atoms with E-state index in [1.807, 2.05) is 5.10 Å². The quantitative estimate of drug-likeness (QED) is 0.421. The van der Waals surface area contributed by atoms with Crippen LogP contribution >= 0.6 is 0 Å². The van der Waals surface area contributed by atoms with Gasteiger partial charge in [-0.25, -0.2) is 0 Å².